The summed E-state index contributed by atoms with van der Waals surface area (Å²) in [5, 5.41) is 14.2. The van der Waals surface area contributed by atoms with Crippen LogP contribution in [-0.4, -0.2) is 56.1 Å². The number of nitrogens with one attached hydrogen (secondary N) is 1. The number of carbonyl (C=O) groups excluding carboxylic acids is 1. The summed E-state index contributed by atoms with van der Waals surface area (Å²) in [6.45, 7) is 1.96. The standard InChI is InChI=1S/C24H22F2N6O2/c1-12-21-22(29-30(12)2)24(34)32(14-4-6-18-19(8-14)28-11-27-18)23(21)15-5-3-13(7-16(15)25)31-9-17(26)20(33)10-31/h3-8,11,17,20,23,33H,9-10H2,1-2H3,(H,27,28). The number of aliphatic hydroxyl groups is 1. The van der Waals surface area contributed by atoms with Crippen molar-refractivity contribution in [1.82, 2.24) is 19.7 Å². The Balaban J connectivity index is 1.47. The van der Waals surface area contributed by atoms with Crippen LogP contribution in [0.5, 0.6) is 0 Å². The monoisotopic (exact) mass is 464 g/mol. The third kappa shape index (κ3) is 2.95. The van der Waals surface area contributed by atoms with Crippen LogP contribution in [0.2, 0.25) is 0 Å². The maximum Gasteiger partial charge on any atom is 0.280 e. The molecule has 0 radical (unpaired) electrons. The average molecular weight is 464 g/mol. The number of fused-ring (bicyclic) bond motifs is 2. The number of β-amino-alcohol motifs (C(OH)–C–C–N with tert-alkyl or cyclic N) is 1. The van der Waals surface area contributed by atoms with Crippen LogP contribution in [0.1, 0.15) is 33.4 Å². The van der Waals surface area contributed by atoms with Gasteiger partial charge in [-0.25, -0.2) is 13.8 Å². The molecule has 0 spiro atoms. The lowest BCUT2D eigenvalue weighted by molar-refractivity contribution is 0.0987. The fourth-order valence-electron chi connectivity index (χ4n) is 5.00. The fourth-order valence-corrected chi connectivity index (χ4v) is 5.00. The molecule has 0 aliphatic carbocycles. The third-order valence-electron chi connectivity index (χ3n) is 6.88. The Hall–Kier alpha value is -3.79. The predicted molar refractivity (Wildman–Crippen MR) is 122 cm³/mol. The summed E-state index contributed by atoms with van der Waals surface area (Å²) >= 11 is 0. The van der Waals surface area contributed by atoms with Gasteiger partial charge < -0.3 is 15.0 Å². The van der Waals surface area contributed by atoms with Crippen molar-refractivity contribution in [3.63, 3.8) is 0 Å². The first-order chi connectivity index (χ1) is 16.3. The van der Waals surface area contributed by atoms with E-state index in [0.717, 1.165) is 16.7 Å². The first kappa shape index (κ1) is 20.8. The molecular formula is C24H22F2N6O2. The first-order valence-corrected chi connectivity index (χ1v) is 11.0. The molecule has 3 atom stereocenters. The topological polar surface area (TPSA) is 90.3 Å². The number of imidazole rings is 1. The Morgan fingerprint density at radius 2 is 1.94 bits per heavy atom. The molecule has 2 aromatic carbocycles. The van der Waals surface area contributed by atoms with Gasteiger partial charge in [0.25, 0.3) is 5.91 Å². The largest absolute Gasteiger partial charge is 0.388 e. The number of carbonyl (C=O) groups is 1. The summed E-state index contributed by atoms with van der Waals surface area (Å²) in [7, 11) is 1.75. The van der Waals surface area contributed by atoms with E-state index in [-0.39, 0.29) is 19.0 Å². The molecule has 1 saturated heterocycles. The lowest BCUT2D eigenvalue weighted by Gasteiger charge is -2.27. The van der Waals surface area contributed by atoms with Crippen molar-refractivity contribution in [2.24, 2.45) is 7.05 Å². The second-order valence-electron chi connectivity index (χ2n) is 8.85. The molecule has 4 heterocycles. The molecule has 2 N–H and O–H groups in total. The van der Waals surface area contributed by atoms with Crippen LogP contribution in [0.4, 0.5) is 20.2 Å². The van der Waals surface area contributed by atoms with E-state index in [1.807, 2.05) is 13.0 Å². The van der Waals surface area contributed by atoms with Gasteiger partial charge in [-0.1, -0.05) is 6.07 Å². The van der Waals surface area contributed by atoms with Gasteiger partial charge >= 0.3 is 0 Å². The van der Waals surface area contributed by atoms with Crippen molar-refractivity contribution in [3.05, 3.63) is 71.1 Å². The van der Waals surface area contributed by atoms with Crippen molar-refractivity contribution in [2.45, 2.75) is 25.2 Å². The maximum absolute atomic E-state index is 15.6. The summed E-state index contributed by atoms with van der Waals surface area (Å²) in [4.78, 5) is 24.0. The molecule has 1 fully saturated rings. The molecule has 10 heteroatoms. The Labute approximate surface area is 193 Å². The number of amides is 1. The number of aromatic nitrogens is 4. The molecule has 0 saturated carbocycles. The van der Waals surface area contributed by atoms with Crippen LogP contribution >= 0.6 is 0 Å². The Morgan fingerprint density at radius 1 is 1.15 bits per heavy atom. The minimum absolute atomic E-state index is 0.00402. The average Bonchev–Trinajstić information content (AvgIpc) is 3.55. The highest BCUT2D eigenvalue weighted by molar-refractivity contribution is 6.11. The van der Waals surface area contributed by atoms with E-state index in [1.54, 1.807) is 52.1 Å². The van der Waals surface area contributed by atoms with Gasteiger partial charge in [-0.15, -0.1) is 0 Å². The quantitative estimate of drug-likeness (QED) is 0.487. The van der Waals surface area contributed by atoms with Gasteiger partial charge in [0.15, 0.2) is 5.69 Å². The van der Waals surface area contributed by atoms with Gasteiger partial charge in [-0.05, 0) is 37.3 Å². The molecular weight excluding hydrogens is 442 g/mol. The lowest BCUT2D eigenvalue weighted by atomic mass is 9.97. The van der Waals surface area contributed by atoms with Crippen LogP contribution in [-0.2, 0) is 7.05 Å². The Morgan fingerprint density at radius 3 is 2.68 bits per heavy atom. The van der Waals surface area contributed by atoms with E-state index in [1.165, 1.54) is 6.07 Å². The second kappa shape index (κ2) is 7.36. The highest BCUT2D eigenvalue weighted by atomic mass is 19.1. The Bertz CT molecular complexity index is 1440. The minimum Gasteiger partial charge on any atom is -0.388 e. The zero-order valence-electron chi connectivity index (χ0n) is 18.5. The number of hydrogen-bond donors (Lipinski definition) is 2. The highest BCUT2D eigenvalue weighted by Gasteiger charge is 2.44. The van der Waals surface area contributed by atoms with Gasteiger partial charge in [-0.2, -0.15) is 5.10 Å². The van der Waals surface area contributed by atoms with E-state index >= 15 is 4.39 Å². The molecule has 8 nitrogen and oxygen atoms in total. The second-order valence-corrected chi connectivity index (χ2v) is 8.85. The molecule has 1 amide bonds. The number of rotatable bonds is 3. The van der Waals surface area contributed by atoms with Crippen LogP contribution in [0.25, 0.3) is 11.0 Å². The van der Waals surface area contributed by atoms with Crippen LogP contribution in [0.3, 0.4) is 0 Å². The predicted octanol–water partition coefficient (Wildman–Crippen LogP) is 3.01. The fraction of sp³-hybridized carbons (Fsp3) is 0.292. The summed E-state index contributed by atoms with van der Waals surface area (Å²) in [6.07, 6.45) is -0.888. The number of halogens is 2. The molecule has 3 unspecified atom stereocenters. The van der Waals surface area contributed by atoms with Crippen LogP contribution in [0.15, 0.2) is 42.7 Å². The number of benzene rings is 2. The zero-order valence-corrected chi connectivity index (χ0v) is 18.5. The molecule has 34 heavy (non-hydrogen) atoms. The lowest BCUT2D eigenvalue weighted by Crippen LogP contribution is -2.30. The van der Waals surface area contributed by atoms with Gasteiger partial charge in [0.05, 0.1) is 29.9 Å². The van der Waals surface area contributed by atoms with E-state index in [0.29, 0.717) is 28.2 Å². The molecule has 2 aliphatic heterocycles. The summed E-state index contributed by atoms with van der Waals surface area (Å²) in [6, 6.07) is 9.36. The number of aromatic amines is 1. The molecule has 0 bridgehead atoms. The zero-order chi connectivity index (χ0) is 23.7. The maximum atomic E-state index is 15.6. The van der Waals surface area contributed by atoms with E-state index in [2.05, 4.69) is 15.1 Å². The normalized spacial score (nSPS) is 22.3. The van der Waals surface area contributed by atoms with Crippen molar-refractivity contribution in [2.75, 3.05) is 22.9 Å². The van der Waals surface area contributed by atoms with Crippen molar-refractivity contribution in [1.29, 1.82) is 0 Å². The molecule has 2 aliphatic rings. The SMILES string of the molecule is Cc1c2c(nn1C)C(=O)N(c1ccc3nc[nH]c3c1)C2c1ccc(N2CC(O)C(F)C2)cc1F. The van der Waals surface area contributed by atoms with Crippen LogP contribution < -0.4 is 9.80 Å². The van der Waals surface area contributed by atoms with Crippen molar-refractivity contribution >= 4 is 28.3 Å². The van der Waals surface area contributed by atoms with Gasteiger partial charge in [0.1, 0.15) is 18.1 Å². The molecule has 174 valence electrons. The number of alkyl halides is 1. The number of H-pyrrole nitrogens is 1. The summed E-state index contributed by atoms with van der Waals surface area (Å²) < 4.78 is 31.1. The van der Waals surface area contributed by atoms with E-state index in [9.17, 15) is 14.3 Å². The number of aryl methyl sites for hydroxylation is 1. The summed E-state index contributed by atoms with van der Waals surface area (Å²) in [5.74, 6) is -0.829. The molecule has 2 aromatic heterocycles. The molecule has 6 rings (SSSR count). The van der Waals surface area contributed by atoms with Gasteiger partial charge in [-0.3, -0.25) is 14.4 Å². The van der Waals surface area contributed by atoms with E-state index < -0.39 is 24.1 Å². The van der Waals surface area contributed by atoms with Gasteiger partial charge in [0.2, 0.25) is 0 Å². The number of nitrogens with zero attached hydrogens (tertiary/aromatic N) is 5. The van der Waals surface area contributed by atoms with Gasteiger partial charge in [0, 0.05) is 41.8 Å². The Kier molecular flexibility index (Phi) is 4.50. The number of hydrogen-bond acceptors (Lipinski definition) is 5. The van der Waals surface area contributed by atoms with Crippen molar-refractivity contribution < 1.29 is 18.7 Å². The highest BCUT2D eigenvalue weighted by Crippen LogP contribution is 2.44. The molecule has 4 aromatic rings. The third-order valence-corrected chi connectivity index (χ3v) is 6.88. The first-order valence-electron chi connectivity index (χ1n) is 11.0. The van der Waals surface area contributed by atoms with E-state index in [4.69, 9.17) is 0 Å². The minimum atomic E-state index is -1.37. The number of aliphatic hydroxyl groups excluding tert-OH is 1. The number of anilines is 2. The summed E-state index contributed by atoms with van der Waals surface area (Å²) in [5.41, 5.74) is 4.63. The smallest absolute Gasteiger partial charge is 0.280 e. The van der Waals surface area contributed by atoms with Crippen molar-refractivity contribution in [3.8, 4) is 0 Å². The van der Waals surface area contributed by atoms with Crippen LogP contribution in [0, 0.1) is 12.7 Å².